The molecule has 0 aliphatic heterocycles. The van der Waals surface area contributed by atoms with E-state index in [0.717, 1.165) is 5.65 Å². The van der Waals surface area contributed by atoms with E-state index in [1.165, 1.54) is 5.56 Å². The zero-order chi connectivity index (χ0) is 10.1. The van der Waals surface area contributed by atoms with Gasteiger partial charge >= 0.3 is 0 Å². The van der Waals surface area contributed by atoms with Crippen molar-refractivity contribution in [2.75, 3.05) is 0 Å². The second-order valence-electron chi connectivity index (χ2n) is 3.62. The summed E-state index contributed by atoms with van der Waals surface area (Å²) in [7, 11) is 0. The Bertz CT molecular complexity index is 503. The molecule has 0 fully saturated rings. The monoisotopic (exact) mass is 185 g/mol. The van der Waals surface area contributed by atoms with Gasteiger partial charge in [-0.3, -0.25) is 0 Å². The first kappa shape index (κ1) is 8.76. The average Bonchev–Trinajstić information content (AvgIpc) is 2.58. The van der Waals surface area contributed by atoms with Crippen LogP contribution in [0.15, 0.2) is 24.5 Å². The van der Waals surface area contributed by atoms with Gasteiger partial charge in [0, 0.05) is 12.4 Å². The fourth-order valence-corrected chi connectivity index (χ4v) is 1.41. The summed E-state index contributed by atoms with van der Waals surface area (Å²) in [4.78, 5) is 4.18. The highest BCUT2D eigenvalue weighted by Gasteiger charge is 2.03. The van der Waals surface area contributed by atoms with Gasteiger partial charge in [0.15, 0.2) is 5.69 Å². The molecule has 2 aromatic heterocycles. The number of imidazole rings is 1. The van der Waals surface area contributed by atoms with Crippen LogP contribution < -0.4 is 0 Å². The fraction of sp³-hybridized carbons (Fsp3) is 0.273. The zero-order valence-corrected chi connectivity index (χ0v) is 8.23. The standard InChI is InChI=1S/C11H11N3/c1-8(2)9-3-4-14-7-10(6-12)13-11(14)5-9/h3-5,7-8H,1-2H3. The highest BCUT2D eigenvalue weighted by Crippen LogP contribution is 2.16. The molecule has 0 radical (unpaired) electrons. The lowest BCUT2D eigenvalue weighted by atomic mass is 10.1. The summed E-state index contributed by atoms with van der Waals surface area (Å²) < 4.78 is 1.87. The topological polar surface area (TPSA) is 41.1 Å². The molecule has 3 nitrogen and oxygen atoms in total. The Hall–Kier alpha value is -1.82. The molecule has 0 unspecified atom stereocenters. The molecule has 0 saturated carbocycles. The van der Waals surface area contributed by atoms with E-state index in [4.69, 9.17) is 5.26 Å². The average molecular weight is 185 g/mol. The van der Waals surface area contributed by atoms with Gasteiger partial charge in [-0.25, -0.2) is 4.98 Å². The Balaban J connectivity index is 2.61. The molecule has 0 bridgehead atoms. The van der Waals surface area contributed by atoms with Crippen molar-refractivity contribution in [2.45, 2.75) is 19.8 Å². The van der Waals surface area contributed by atoms with Crippen LogP contribution in [0.1, 0.15) is 31.0 Å². The smallest absolute Gasteiger partial charge is 0.159 e. The summed E-state index contributed by atoms with van der Waals surface area (Å²) in [5.74, 6) is 0.488. The van der Waals surface area contributed by atoms with Crippen molar-refractivity contribution in [1.29, 1.82) is 5.26 Å². The molecule has 14 heavy (non-hydrogen) atoms. The van der Waals surface area contributed by atoms with E-state index in [-0.39, 0.29) is 0 Å². The summed E-state index contributed by atoms with van der Waals surface area (Å²) in [5, 5.41) is 8.69. The molecule has 0 saturated heterocycles. The third-order valence-corrected chi connectivity index (χ3v) is 2.27. The largest absolute Gasteiger partial charge is 0.306 e. The minimum atomic E-state index is 0.464. The predicted molar refractivity (Wildman–Crippen MR) is 54.0 cm³/mol. The van der Waals surface area contributed by atoms with Gasteiger partial charge in [-0.1, -0.05) is 13.8 Å². The van der Waals surface area contributed by atoms with E-state index in [1.54, 1.807) is 6.20 Å². The third-order valence-electron chi connectivity index (χ3n) is 2.27. The van der Waals surface area contributed by atoms with Crippen LogP contribution in [-0.2, 0) is 0 Å². The number of rotatable bonds is 1. The Labute approximate surface area is 82.6 Å². The Morgan fingerprint density at radius 2 is 2.29 bits per heavy atom. The Morgan fingerprint density at radius 1 is 1.50 bits per heavy atom. The molecular formula is C11H11N3. The lowest BCUT2D eigenvalue weighted by molar-refractivity contribution is 0.863. The quantitative estimate of drug-likeness (QED) is 0.684. The third kappa shape index (κ3) is 1.35. The summed E-state index contributed by atoms with van der Waals surface area (Å²) >= 11 is 0. The summed E-state index contributed by atoms with van der Waals surface area (Å²) in [6, 6.07) is 6.11. The van der Waals surface area contributed by atoms with E-state index < -0.39 is 0 Å². The van der Waals surface area contributed by atoms with Gasteiger partial charge in [0.05, 0.1) is 0 Å². The molecule has 0 aromatic carbocycles. The van der Waals surface area contributed by atoms with Crippen molar-refractivity contribution in [3.63, 3.8) is 0 Å². The molecule has 0 spiro atoms. The lowest BCUT2D eigenvalue weighted by Gasteiger charge is -2.04. The number of nitriles is 1. The van der Waals surface area contributed by atoms with E-state index in [0.29, 0.717) is 11.6 Å². The van der Waals surface area contributed by atoms with Gasteiger partial charge in [0.2, 0.25) is 0 Å². The van der Waals surface area contributed by atoms with Crippen molar-refractivity contribution in [3.8, 4) is 6.07 Å². The minimum absolute atomic E-state index is 0.464. The minimum Gasteiger partial charge on any atom is -0.306 e. The van der Waals surface area contributed by atoms with Gasteiger partial charge < -0.3 is 4.40 Å². The maximum atomic E-state index is 8.69. The molecular weight excluding hydrogens is 174 g/mol. The Kier molecular flexibility index (Phi) is 1.97. The summed E-state index contributed by atoms with van der Waals surface area (Å²) in [6.45, 7) is 4.28. The van der Waals surface area contributed by atoms with Gasteiger partial charge in [-0.15, -0.1) is 0 Å². The van der Waals surface area contributed by atoms with Crippen LogP contribution in [0.2, 0.25) is 0 Å². The first-order valence-corrected chi connectivity index (χ1v) is 4.59. The Morgan fingerprint density at radius 3 is 2.93 bits per heavy atom. The number of nitrogens with zero attached hydrogens (tertiary/aromatic N) is 3. The van der Waals surface area contributed by atoms with Crippen LogP contribution in [0.4, 0.5) is 0 Å². The fourth-order valence-electron chi connectivity index (χ4n) is 1.41. The molecule has 2 heterocycles. The molecule has 0 aliphatic rings. The first-order valence-electron chi connectivity index (χ1n) is 4.59. The van der Waals surface area contributed by atoms with Crippen molar-refractivity contribution in [1.82, 2.24) is 9.38 Å². The van der Waals surface area contributed by atoms with Crippen molar-refractivity contribution < 1.29 is 0 Å². The SMILES string of the molecule is CC(C)c1ccn2cc(C#N)nc2c1. The lowest BCUT2D eigenvalue weighted by Crippen LogP contribution is -1.90. The second-order valence-corrected chi connectivity index (χ2v) is 3.62. The van der Waals surface area contributed by atoms with Gasteiger partial charge in [-0.05, 0) is 23.6 Å². The maximum Gasteiger partial charge on any atom is 0.159 e. The molecule has 0 atom stereocenters. The van der Waals surface area contributed by atoms with Crippen LogP contribution in [0, 0.1) is 11.3 Å². The van der Waals surface area contributed by atoms with E-state index >= 15 is 0 Å². The molecule has 70 valence electrons. The molecule has 2 aromatic rings. The molecule has 0 N–H and O–H groups in total. The molecule has 3 heteroatoms. The normalized spacial score (nSPS) is 10.7. The first-order chi connectivity index (χ1) is 6.70. The van der Waals surface area contributed by atoms with E-state index in [1.807, 2.05) is 22.7 Å². The maximum absolute atomic E-state index is 8.69. The van der Waals surface area contributed by atoms with Crippen LogP contribution in [0.5, 0.6) is 0 Å². The molecule has 0 amide bonds. The van der Waals surface area contributed by atoms with Crippen LogP contribution >= 0.6 is 0 Å². The van der Waals surface area contributed by atoms with Gasteiger partial charge in [0.1, 0.15) is 11.7 Å². The summed E-state index contributed by atoms with van der Waals surface area (Å²) in [5.41, 5.74) is 2.55. The van der Waals surface area contributed by atoms with Crippen LogP contribution in [0.25, 0.3) is 5.65 Å². The number of pyridine rings is 1. The molecule has 0 aliphatic carbocycles. The van der Waals surface area contributed by atoms with E-state index in [9.17, 15) is 0 Å². The van der Waals surface area contributed by atoms with Gasteiger partial charge in [0.25, 0.3) is 0 Å². The van der Waals surface area contributed by atoms with Crippen molar-refractivity contribution in [3.05, 3.63) is 35.8 Å². The number of aromatic nitrogens is 2. The van der Waals surface area contributed by atoms with Crippen molar-refractivity contribution >= 4 is 5.65 Å². The zero-order valence-electron chi connectivity index (χ0n) is 8.23. The number of fused-ring (bicyclic) bond motifs is 1. The van der Waals surface area contributed by atoms with E-state index in [2.05, 4.69) is 24.9 Å². The second kappa shape index (κ2) is 3.15. The van der Waals surface area contributed by atoms with Crippen LogP contribution in [-0.4, -0.2) is 9.38 Å². The summed E-state index contributed by atoms with van der Waals surface area (Å²) in [6.07, 6.45) is 3.68. The van der Waals surface area contributed by atoms with Gasteiger partial charge in [-0.2, -0.15) is 5.26 Å². The highest BCUT2D eigenvalue weighted by atomic mass is 15.0. The predicted octanol–water partition coefficient (Wildman–Crippen LogP) is 2.33. The molecule has 2 rings (SSSR count). The number of hydrogen-bond donors (Lipinski definition) is 0. The van der Waals surface area contributed by atoms with Crippen LogP contribution in [0.3, 0.4) is 0 Å². The highest BCUT2D eigenvalue weighted by molar-refractivity contribution is 5.45. The number of hydrogen-bond acceptors (Lipinski definition) is 2. The van der Waals surface area contributed by atoms with Crippen molar-refractivity contribution in [2.24, 2.45) is 0 Å².